The lowest BCUT2D eigenvalue weighted by Crippen LogP contribution is -1.91. The molecule has 3 heteroatoms. The SMILES string of the molecule is COc1ccccc1/C(C=O)=C/SC. The van der Waals surface area contributed by atoms with Crippen molar-refractivity contribution < 1.29 is 9.53 Å². The first-order valence-electron chi connectivity index (χ1n) is 4.15. The predicted molar refractivity (Wildman–Crippen MR) is 60.6 cm³/mol. The van der Waals surface area contributed by atoms with Gasteiger partial charge in [0, 0.05) is 11.1 Å². The molecular weight excluding hydrogens is 196 g/mol. The van der Waals surface area contributed by atoms with Crippen LogP contribution in [-0.2, 0) is 4.79 Å². The summed E-state index contributed by atoms with van der Waals surface area (Å²) >= 11 is 1.50. The van der Waals surface area contributed by atoms with Crippen molar-refractivity contribution in [1.82, 2.24) is 0 Å². The Kier molecular flexibility index (Phi) is 4.26. The average molecular weight is 208 g/mol. The van der Waals surface area contributed by atoms with Gasteiger partial charge in [0.15, 0.2) is 6.29 Å². The number of hydrogen-bond acceptors (Lipinski definition) is 3. The number of allylic oxidation sites excluding steroid dienone is 1. The van der Waals surface area contributed by atoms with E-state index in [1.54, 1.807) is 7.11 Å². The Morgan fingerprint density at radius 1 is 1.43 bits per heavy atom. The van der Waals surface area contributed by atoms with Gasteiger partial charge in [-0.1, -0.05) is 18.2 Å². The van der Waals surface area contributed by atoms with Crippen LogP contribution < -0.4 is 4.74 Å². The van der Waals surface area contributed by atoms with E-state index in [4.69, 9.17) is 4.74 Å². The van der Waals surface area contributed by atoms with Gasteiger partial charge >= 0.3 is 0 Å². The molecule has 0 unspecified atom stereocenters. The van der Waals surface area contributed by atoms with Gasteiger partial charge < -0.3 is 4.74 Å². The molecule has 0 amide bonds. The highest BCUT2D eigenvalue weighted by Crippen LogP contribution is 2.25. The summed E-state index contributed by atoms with van der Waals surface area (Å²) in [5.41, 5.74) is 1.48. The number of thioether (sulfide) groups is 1. The zero-order chi connectivity index (χ0) is 10.4. The van der Waals surface area contributed by atoms with Crippen LogP contribution in [0, 0.1) is 0 Å². The third-order valence-corrected chi connectivity index (χ3v) is 2.28. The number of rotatable bonds is 4. The van der Waals surface area contributed by atoms with Crippen LogP contribution in [0.5, 0.6) is 5.75 Å². The highest BCUT2D eigenvalue weighted by molar-refractivity contribution is 8.01. The minimum absolute atomic E-state index is 0.648. The largest absolute Gasteiger partial charge is 0.496 e. The topological polar surface area (TPSA) is 26.3 Å². The van der Waals surface area contributed by atoms with Crippen LogP contribution in [0.4, 0.5) is 0 Å². The first-order valence-corrected chi connectivity index (χ1v) is 5.43. The molecule has 74 valence electrons. The molecule has 2 nitrogen and oxygen atoms in total. The molecular formula is C11H12O2S. The fourth-order valence-electron chi connectivity index (χ4n) is 1.16. The Labute approximate surface area is 88.0 Å². The standard InChI is InChI=1S/C11H12O2S/c1-13-11-6-4-3-5-10(11)9(7-12)8-14-2/h3-8H,1-2H3/b9-8+. The van der Waals surface area contributed by atoms with Crippen molar-refractivity contribution in [2.45, 2.75) is 0 Å². The number of benzene rings is 1. The van der Waals surface area contributed by atoms with Crippen LogP contribution in [0.1, 0.15) is 5.56 Å². The van der Waals surface area contributed by atoms with Gasteiger partial charge in [-0.15, -0.1) is 11.8 Å². The molecule has 0 saturated heterocycles. The van der Waals surface area contributed by atoms with Crippen molar-refractivity contribution in [3.05, 3.63) is 35.2 Å². The first-order chi connectivity index (χ1) is 6.83. The van der Waals surface area contributed by atoms with Crippen LogP contribution in [0.3, 0.4) is 0 Å². The summed E-state index contributed by atoms with van der Waals surface area (Å²) in [6.45, 7) is 0. The predicted octanol–water partition coefficient (Wildman–Crippen LogP) is 2.60. The van der Waals surface area contributed by atoms with E-state index in [0.717, 1.165) is 17.6 Å². The van der Waals surface area contributed by atoms with E-state index in [2.05, 4.69) is 0 Å². The second kappa shape index (κ2) is 5.50. The van der Waals surface area contributed by atoms with Crippen LogP contribution in [0.15, 0.2) is 29.7 Å². The van der Waals surface area contributed by atoms with E-state index in [9.17, 15) is 4.79 Å². The maximum Gasteiger partial charge on any atom is 0.151 e. The number of aldehydes is 1. The van der Waals surface area contributed by atoms with Gasteiger partial charge in [-0.05, 0) is 17.7 Å². The van der Waals surface area contributed by atoms with Crippen LogP contribution in [0.25, 0.3) is 5.57 Å². The maximum absolute atomic E-state index is 10.8. The van der Waals surface area contributed by atoms with Crippen molar-refractivity contribution >= 4 is 23.6 Å². The molecule has 0 N–H and O–H groups in total. The van der Waals surface area contributed by atoms with Gasteiger partial charge in [0.2, 0.25) is 0 Å². The summed E-state index contributed by atoms with van der Waals surface area (Å²) in [6, 6.07) is 7.47. The molecule has 0 saturated carbocycles. The summed E-state index contributed by atoms with van der Waals surface area (Å²) in [7, 11) is 1.60. The molecule has 1 aromatic rings. The molecule has 0 fully saturated rings. The number of methoxy groups -OCH3 is 1. The first kappa shape index (κ1) is 10.9. The molecule has 0 bridgehead atoms. The van der Waals surface area contributed by atoms with Gasteiger partial charge in [0.05, 0.1) is 7.11 Å². The molecule has 0 aliphatic carbocycles. The summed E-state index contributed by atoms with van der Waals surface area (Å²) in [5, 5.41) is 1.81. The van der Waals surface area contributed by atoms with Crippen molar-refractivity contribution in [3.8, 4) is 5.75 Å². The van der Waals surface area contributed by atoms with E-state index in [-0.39, 0.29) is 0 Å². The Morgan fingerprint density at radius 3 is 2.71 bits per heavy atom. The monoisotopic (exact) mass is 208 g/mol. The van der Waals surface area contributed by atoms with E-state index in [0.29, 0.717) is 5.57 Å². The fourth-order valence-corrected chi connectivity index (χ4v) is 1.60. The Bertz CT molecular complexity index is 345. The van der Waals surface area contributed by atoms with E-state index in [1.165, 1.54) is 11.8 Å². The van der Waals surface area contributed by atoms with Gasteiger partial charge in [0.25, 0.3) is 0 Å². The van der Waals surface area contributed by atoms with Gasteiger partial charge in [-0.2, -0.15) is 0 Å². The second-order valence-corrected chi connectivity index (χ2v) is 3.33. The molecule has 0 spiro atoms. The van der Waals surface area contributed by atoms with Crippen LogP contribution in [0.2, 0.25) is 0 Å². The van der Waals surface area contributed by atoms with Gasteiger partial charge in [0.1, 0.15) is 5.75 Å². The summed E-state index contributed by atoms with van der Waals surface area (Å²) in [4.78, 5) is 10.8. The zero-order valence-corrected chi connectivity index (χ0v) is 9.01. The zero-order valence-electron chi connectivity index (χ0n) is 8.19. The summed E-state index contributed by atoms with van der Waals surface area (Å²) in [6.07, 6.45) is 2.76. The van der Waals surface area contributed by atoms with Crippen molar-refractivity contribution in [1.29, 1.82) is 0 Å². The molecule has 0 aliphatic heterocycles. The quantitative estimate of drug-likeness (QED) is 0.562. The average Bonchev–Trinajstić information content (AvgIpc) is 2.26. The maximum atomic E-state index is 10.8. The smallest absolute Gasteiger partial charge is 0.151 e. The molecule has 0 aliphatic rings. The second-order valence-electron chi connectivity index (χ2n) is 2.63. The van der Waals surface area contributed by atoms with Gasteiger partial charge in [-0.25, -0.2) is 0 Å². The highest BCUT2D eigenvalue weighted by Gasteiger charge is 2.05. The number of carbonyl (C=O) groups is 1. The number of carbonyl (C=O) groups excluding carboxylic acids is 1. The highest BCUT2D eigenvalue weighted by atomic mass is 32.2. The fraction of sp³-hybridized carbons (Fsp3) is 0.182. The molecule has 0 radical (unpaired) electrons. The van der Waals surface area contributed by atoms with E-state index < -0.39 is 0 Å². The normalized spacial score (nSPS) is 11.1. The molecule has 0 atom stereocenters. The molecule has 1 aromatic carbocycles. The van der Waals surface area contributed by atoms with E-state index in [1.807, 2.05) is 35.9 Å². The molecule has 0 aromatic heterocycles. The van der Waals surface area contributed by atoms with Crippen LogP contribution >= 0.6 is 11.8 Å². The molecule has 14 heavy (non-hydrogen) atoms. The lowest BCUT2D eigenvalue weighted by atomic mass is 10.1. The van der Waals surface area contributed by atoms with Crippen LogP contribution in [-0.4, -0.2) is 19.7 Å². The van der Waals surface area contributed by atoms with Crippen molar-refractivity contribution in [2.24, 2.45) is 0 Å². The third-order valence-electron chi connectivity index (χ3n) is 1.79. The molecule has 0 heterocycles. The van der Waals surface area contributed by atoms with Crippen molar-refractivity contribution in [2.75, 3.05) is 13.4 Å². The number of hydrogen-bond donors (Lipinski definition) is 0. The summed E-state index contributed by atoms with van der Waals surface area (Å²) in [5.74, 6) is 0.722. The Hall–Kier alpha value is -1.22. The third kappa shape index (κ3) is 2.39. The Morgan fingerprint density at radius 2 is 2.14 bits per heavy atom. The Balaban J connectivity index is 3.15. The number of para-hydroxylation sites is 1. The lowest BCUT2D eigenvalue weighted by molar-refractivity contribution is -0.103. The molecule has 1 rings (SSSR count). The minimum Gasteiger partial charge on any atom is -0.496 e. The lowest BCUT2D eigenvalue weighted by Gasteiger charge is -2.06. The van der Waals surface area contributed by atoms with Crippen molar-refractivity contribution in [3.63, 3.8) is 0 Å². The summed E-state index contributed by atoms with van der Waals surface area (Å²) < 4.78 is 5.17. The van der Waals surface area contributed by atoms with E-state index >= 15 is 0 Å². The number of ether oxygens (including phenoxy) is 1. The van der Waals surface area contributed by atoms with Gasteiger partial charge in [-0.3, -0.25) is 4.79 Å². The minimum atomic E-state index is 0.648.